The molecular formula is C18H29ClN4O2S. The highest BCUT2D eigenvalue weighted by molar-refractivity contribution is 7.98. The van der Waals surface area contributed by atoms with Crippen LogP contribution in [0.4, 0.5) is 5.69 Å². The number of nitrogens with one attached hydrogen (secondary N) is 1. The lowest BCUT2D eigenvalue weighted by molar-refractivity contribution is -0.123. The molecule has 1 aromatic carbocycles. The molecule has 1 aliphatic rings. The van der Waals surface area contributed by atoms with Crippen LogP contribution in [0.2, 0.25) is 0 Å². The van der Waals surface area contributed by atoms with Crippen molar-refractivity contribution in [3.8, 4) is 0 Å². The molecule has 1 saturated heterocycles. The summed E-state index contributed by atoms with van der Waals surface area (Å²) in [5, 5.41) is 2.86. The molecule has 0 radical (unpaired) electrons. The van der Waals surface area contributed by atoms with Gasteiger partial charge >= 0.3 is 0 Å². The predicted molar refractivity (Wildman–Crippen MR) is 110 cm³/mol. The summed E-state index contributed by atoms with van der Waals surface area (Å²) in [6.07, 6.45) is 4.54. The first-order chi connectivity index (χ1) is 12.0. The van der Waals surface area contributed by atoms with Gasteiger partial charge in [-0.3, -0.25) is 14.5 Å². The largest absolute Gasteiger partial charge is 0.369 e. The maximum Gasteiger partial charge on any atom is 0.241 e. The fraction of sp³-hybridized carbons (Fsp3) is 0.556. The lowest BCUT2D eigenvalue weighted by atomic mass is 9.97. The van der Waals surface area contributed by atoms with Crippen LogP contribution in [0.25, 0.3) is 0 Å². The fourth-order valence-electron chi connectivity index (χ4n) is 2.99. The van der Waals surface area contributed by atoms with E-state index in [9.17, 15) is 9.59 Å². The van der Waals surface area contributed by atoms with E-state index in [1.807, 2.05) is 30.5 Å². The third-order valence-corrected chi connectivity index (χ3v) is 5.15. The molecule has 1 aliphatic heterocycles. The van der Waals surface area contributed by atoms with Gasteiger partial charge in [0.05, 0.1) is 12.0 Å². The molecule has 1 unspecified atom stereocenters. The van der Waals surface area contributed by atoms with E-state index in [2.05, 4.69) is 10.2 Å². The summed E-state index contributed by atoms with van der Waals surface area (Å²) in [4.78, 5) is 25.6. The normalized spacial score (nSPS) is 18.6. The zero-order valence-electron chi connectivity index (χ0n) is 15.1. The molecule has 1 fully saturated rings. The monoisotopic (exact) mass is 400 g/mol. The first-order valence-corrected chi connectivity index (χ1v) is 10.0. The molecule has 2 atom stereocenters. The number of halogens is 1. The molecule has 0 saturated carbocycles. The van der Waals surface area contributed by atoms with Gasteiger partial charge in [0.1, 0.15) is 0 Å². The SMILES string of the molecule is CSCC[C@H](N)C(=O)Nc1ccc(CN2CCCC(C(N)=O)C2)cc1.Cl. The second kappa shape index (κ2) is 11.4. The topological polar surface area (TPSA) is 101 Å². The summed E-state index contributed by atoms with van der Waals surface area (Å²) in [5.41, 5.74) is 13.2. The van der Waals surface area contributed by atoms with E-state index in [0.717, 1.165) is 49.5 Å². The number of anilines is 1. The molecule has 26 heavy (non-hydrogen) atoms. The Hall–Kier alpha value is -1.28. The molecule has 6 nitrogen and oxygen atoms in total. The van der Waals surface area contributed by atoms with Crippen molar-refractivity contribution in [1.29, 1.82) is 0 Å². The maximum atomic E-state index is 12.0. The summed E-state index contributed by atoms with van der Waals surface area (Å²) >= 11 is 1.68. The number of nitrogens with zero attached hydrogens (tertiary/aromatic N) is 1. The van der Waals surface area contributed by atoms with Crippen molar-refractivity contribution >= 4 is 41.7 Å². The molecule has 0 aliphatic carbocycles. The van der Waals surface area contributed by atoms with Gasteiger partial charge in [-0.2, -0.15) is 11.8 Å². The van der Waals surface area contributed by atoms with E-state index in [4.69, 9.17) is 11.5 Å². The van der Waals surface area contributed by atoms with Crippen LogP contribution in [0.3, 0.4) is 0 Å². The summed E-state index contributed by atoms with van der Waals surface area (Å²) < 4.78 is 0. The van der Waals surface area contributed by atoms with Crippen molar-refractivity contribution in [2.45, 2.75) is 31.8 Å². The van der Waals surface area contributed by atoms with Gasteiger partial charge in [0.25, 0.3) is 0 Å². The van der Waals surface area contributed by atoms with E-state index in [1.54, 1.807) is 11.8 Å². The van der Waals surface area contributed by atoms with Crippen molar-refractivity contribution in [2.75, 3.05) is 30.4 Å². The average molecular weight is 401 g/mol. The Kier molecular flexibility index (Phi) is 10.0. The van der Waals surface area contributed by atoms with Crippen LogP contribution in [0.1, 0.15) is 24.8 Å². The van der Waals surface area contributed by atoms with Crippen LogP contribution in [0, 0.1) is 5.92 Å². The highest BCUT2D eigenvalue weighted by Gasteiger charge is 2.23. The number of hydrogen-bond donors (Lipinski definition) is 3. The molecule has 0 spiro atoms. The summed E-state index contributed by atoms with van der Waals surface area (Å²) in [7, 11) is 0. The number of likely N-dealkylation sites (tertiary alicyclic amines) is 1. The van der Waals surface area contributed by atoms with Crippen molar-refractivity contribution < 1.29 is 9.59 Å². The molecule has 5 N–H and O–H groups in total. The van der Waals surface area contributed by atoms with Gasteiger partial charge < -0.3 is 16.8 Å². The Morgan fingerprint density at radius 2 is 2.04 bits per heavy atom. The Morgan fingerprint density at radius 3 is 2.65 bits per heavy atom. The minimum atomic E-state index is -0.480. The number of amides is 2. The number of benzene rings is 1. The van der Waals surface area contributed by atoms with Crippen molar-refractivity contribution in [3.63, 3.8) is 0 Å². The highest BCUT2D eigenvalue weighted by Crippen LogP contribution is 2.19. The van der Waals surface area contributed by atoms with E-state index >= 15 is 0 Å². The Morgan fingerprint density at radius 1 is 1.35 bits per heavy atom. The Bertz CT molecular complexity index is 585. The molecule has 0 aromatic heterocycles. The van der Waals surface area contributed by atoms with Gasteiger partial charge in [0.15, 0.2) is 0 Å². The van der Waals surface area contributed by atoms with Crippen molar-refractivity contribution in [2.24, 2.45) is 17.4 Å². The number of primary amides is 1. The minimum absolute atomic E-state index is 0. The summed E-state index contributed by atoms with van der Waals surface area (Å²) in [5.74, 6) is 0.466. The Balaban J connectivity index is 0.00000338. The van der Waals surface area contributed by atoms with Gasteiger partial charge in [-0.1, -0.05) is 12.1 Å². The van der Waals surface area contributed by atoms with Crippen LogP contribution in [0.15, 0.2) is 24.3 Å². The van der Waals surface area contributed by atoms with E-state index in [-0.39, 0.29) is 30.1 Å². The molecule has 8 heteroatoms. The third-order valence-electron chi connectivity index (χ3n) is 4.51. The van der Waals surface area contributed by atoms with Crippen LogP contribution in [0.5, 0.6) is 0 Å². The number of thioether (sulfide) groups is 1. The van der Waals surface area contributed by atoms with Crippen LogP contribution >= 0.6 is 24.2 Å². The molecule has 2 amide bonds. The number of hydrogen-bond acceptors (Lipinski definition) is 5. The predicted octanol–water partition coefficient (Wildman–Crippen LogP) is 1.82. The summed E-state index contributed by atoms with van der Waals surface area (Å²) in [6.45, 7) is 2.48. The summed E-state index contributed by atoms with van der Waals surface area (Å²) in [6, 6.07) is 7.30. The lowest BCUT2D eigenvalue weighted by Crippen LogP contribution is -2.40. The molecule has 0 bridgehead atoms. The van der Waals surface area contributed by atoms with Crippen LogP contribution < -0.4 is 16.8 Å². The first kappa shape index (κ1) is 22.8. The zero-order valence-corrected chi connectivity index (χ0v) is 16.8. The minimum Gasteiger partial charge on any atom is -0.369 e. The van der Waals surface area contributed by atoms with Gasteiger partial charge in [-0.15, -0.1) is 12.4 Å². The third kappa shape index (κ3) is 7.15. The van der Waals surface area contributed by atoms with Crippen LogP contribution in [-0.2, 0) is 16.1 Å². The fourth-order valence-corrected chi connectivity index (χ4v) is 3.48. The standard InChI is InChI=1S/C18H28N4O2S.ClH/c1-25-10-8-16(19)18(24)21-15-6-4-13(5-7-15)11-22-9-2-3-14(12-22)17(20)23;/h4-7,14,16H,2-3,8-12,19H2,1H3,(H2,20,23)(H,21,24);1H/t14?,16-;/m0./s1. The number of carbonyl (C=O) groups excluding carboxylic acids is 2. The average Bonchev–Trinajstić information content (AvgIpc) is 2.61. The van der Waals surface area contributed by atoms with Crippen molar-refractivity contribution in [3.05, 3.63) is 29.8 Å². The van der Waals surface area contributed by atoms with Gasteiger partial charge in [0.2, 0.25) is 11.8 Å². The number of carbonyl (C=O) groups is 2. The lowest BCUT2D eigenvalue weighted by Gasteiger charge is -2.31. The highest BCUT2D eigenvalue weighted by atomic mass is 35.5. The number of rotatable bonds is 8. The molecule has 1 heterocycles. The van der Waals surface area contributed by atoms with Crippen molar-refractivity contribution in [1.82, 2.24) is 4.90 Å². The first-order valence-electron chi connectivity index (χ1n) is 8.65. The second-order valence-electron chi connectivity index (χ2n) is 6.55. The molecule has 2 rings (SSSR count). The van der Waals surface area contributed by atoms with Gasteiger partial charge in [-0.25, -0.2) is 0 Å². The number of piperidine rings is 1. The number of nitrogens with two attached hydrogens (primary N) is 2. The maximum absolute atomic E-state index is 12.0. The smallest absolute Gasteiger partial charge is 0.241 e. The molecular weight excluding hydrogens is 372 g/mol. The van der Waals surface area contributed by atoms with E-state index < -0.39 is 6.04 Å². The van der Waals surface area contributed by atoms with Gasteiger partial charge in [-0.05, 0) is 55.5 Å². The van der Waals surface area contributed by atoms with E-state index in [0.29, 0.717) is 6.42 Å². The molecule has 1 aromatic rings. The van der Waals surface area contributed by atoms with E-state index in [1.165, 1.54) is 0 Å². The van der Waals surface area contributed by atoms with Gasteiger partial charge in [0, 0.05) is 18.8 Å². The second-order valence-corrected chi connectivity index (χ2v) is 7.54. The quantitative estimate of drug-likeness (QED) is 0.617. The molecule has 146 valence electrons. The zero-order chi connectivity index (χ0) is 18.2. The Labute approximate surface area is 165 Å². The van der Waals surface area contributed by atoms with Crippen LogP contribution in [-0.4, -0.2) is 47.9 Å².